The van der Waals surface area contributed by atoms with Gasteiger partial charge in [0.2, 0.25) is 0 Å². The Morgan fingerprint density at radius 1 is 1.12 bits per heavy atom. The van der Waals surface area contributed by atoms with E-state index in [2.05, 4.69) is 48.3 Å². The molecule has 1 aliphatic heterocycles. The number of hydrogen-bond donors (Lipinski definition) is 2. The summed E-state index contributed by atoms with van der Waals surface area (Å²) in [6.07, 6.45) is 0. The van der Waals surface area contributed by atoms with Gasteiger partial charge in [-0.1, -0.05) is 26.0 Å². The molecule has 24 heavy (non-hydrogen) atoms. The highest BCUT2D eigenvalue weighted by molar-refractivity contribution is 5.49. The largest absolute Gasteiger partial charge is 0.508 e. The molecule has 2 N–H and O–H groups in total. The molecule has 3 rings (SSSR count). The lowest BCUT2D eigenvalue weighted by molar-refractivity contribution is 0.266. The Morgan fingerprint density at radius 2 is 1.83 bits per heavy atom. The zero-order chi connectivity index (χ0) is 16.9. The van der Waals surface area contributed by atoms with E-state index in [0.29, 0.717) is 12.5 Å². The fraction of sp³-hybridized carbons (Fsp3) is 0.400. The summed E-state index contributed by atoms with van der Waals surface area (Å²) in [5.41, 5.74) is 2.62. The van der Waals surface area contributed by atoms with Crippen LogP contribution in [0.2, 0.25) is 0 Å². The maximum absolute atomic E-state index is 9.35. The van der Waals surface area contributed by atoms with E-state index >= 15 is 0 Å². The summed E-state index contributed by atoms with van der Waals surface area (Å²) in [4.78, 5) is 2.42. The first-order chi connectivity index (χ1) is 11.6. The van der Waals surface area contributed by atoms with Gasteiger partial charge >= 0.3 is 0 Å². The second-order valence-electron chi connectivity index (χ2n) is 6.60. The Kier molecular flexibility index (Phi) is 5.26. The maximum atomic E-state index is 9.35. The number of hydrogen-bond acceptors (Lipinski definition) is 4. The van der Waals surface area contributed by atoms with Crippen molar-refractivity contribution in [2.45, 2.75) is 25.8 Å². The first kappa shape index (κ1) is 16.7. The number of phenolic OH excluding ortho intramolecular Hbond substituents is 1. The van der Waals surface area contributed by atoms with Crippen molar-refractivity contribution in [2.75, 3.05) is 31.1 Å². The van der Waals surface area contributed by atoms with E-state index in [4.69, 9.17) is 4.74 Å². The number of nitrogens with zero attached hydrogens (tertiary/aromatic N) is 1. The van der Waals surface area contributed by atoms with Crippen LogP contribution in [0.3, 0.4) is 0 Å². The Balaban J connectivity index is 1.67. The first-order valence-corrected chi connectivity index (χ1v) is 8.62. The Hall–Kier alpha value is -2.20. The van der Waals surface area contributed by atoms with E-state index in [0.717, 1.165) is 25.4 Å². The molecule has 1 saturated heterocycles. The molecule has 1 atom stereocenters. The Bertz CT molecular complexity index is 638. The molecule has 0 saturated carbocycles. The summed E-state index contributed by atoms with van der Waals surface area (Å²) in [6, 6.07) is 16.1. The van der Waals surface area contributed by atoms with Crippen molar-refractivity contribution in [3.8, 4) is 11.5 Å². The average molecular weight is 326 g/mol. The molecule has 0 amide bonds. The minimum absolute atomic E-state index is 0.258. The highest BCUT2D eigenvalue weighted by Crippen LogP contribution is 2.23. The molecular formula is C20H26N2O2. The van der Waals surface area contributed by atoms with Gasteiger partial charge in [-0.05, 0) is 47.9 Å². The third kappa shape index (κ3) is 4.01. The van der Waals surface area contributed by atoms with Crippen LogP contribution in [0, 0.1) is 0 Å². The Labute approximate surface area is 144 Å². The number of benzene rings is 2. The zero-order valence-corrected chi connectivity index (χ0v) is 14.4. The van der Waals surface area contributed by atoms with Crippen LogP contribution in [-0.4, -0.2) is 37.4 Å². The number of anilines is 1. The fourth-order valence-corrected chi connectivity index (χ4v) is 3.04. The van der Waals surface area contributed by atoms with Crippen LogP contribution in [0.15, 0.2) is 48.5 Å². The molecule has 4 nitrogen and oxygen atoms in total. The van der Waals surface area contributed by atoms with Crippen molar-refractivity contribution in [3.63, 3.8) is 0 Å². The van der Waals surface area contributed by atoms with E-state index in [1.165, 1.54) is 11.3 Å². The highest BCUT2D eigenvalue weighted by atomic mass is 16.5. The van der Waals surface area contributed by atoms with E-state index in [9.17, 15) is 5.11 Å². The second kappa shape index (κ2) is 7.58. The van der Waals surface area contributed by atoms with Crippen LogP contribution >= 0.6 is 0 Å². The van der Waals surface area contributed by atoms with Gasteiger partial charge in [-0.15, -0.1) is 0 Å². The number of phenols is 1. The normalized spacial score (nSPS) is 18.0. The predicted octanol–water partition coefficient (Wildman–Crippen LogP) is 3.37. The van der Waals surface area contributed by atoms with Crippen molar-refractivity contribution < 1.29 is 9.84 Å². The lowest BCUT2D eigenvalue weighted by atomic mass is 10.0. The molecular weight excluding hydrogens is 300 g/mol. The molecule has 0 bridgehead atoms. The molecule has 2 aromatic carbocycles. The van der Waals surface area contributed by atoms with Gasteiger partial charge in [0.15, 0.2) is 0 Å². The van der Waals surface area contributed by atoms with Gasteiger partial charge < -0.3 is 20.1 Å². The molecule has 0 aromatic heterocycles. The van der Waals surface area contributed by atoms with Gasteiger partial charge in [0.25, 0.3) is 0 Å². The van der Waals surface area contributed by atoms with Crippen LogP contribution in [0.25, 0.3) is 0 Å². The maximum Gasteiger partial charge on any atom is 0.119 e. The van der Waals surface area contributed by atoms with Crippen molar-refractivity contribution in [3.05, 3.63) is 54.1 Å². The molecule has 0 aliphatic carbocycles. The van der Waals surface area contributed by atoms with E-state index in [1.54, 1.807) is 24.3 Å². The van der Waals surface area contributed by atoms with E-state index in [1.807, 2.05) is 0 Å². The molecule has 128 valence electrons. The summed E-state index contributed by atoms with van der Waals surface area (Å²) in [6.45, 7) is 7.92. The molecule has 4 heteroatoms. The average Bonchev–Trinajstić information content (AvgIpc) is 2.61. The van der Waals surface area contributed by atoms with Crippen molar-refractivity contribution >= 4 is 5.69 Å². The topological polar surface area (TPSA) is 44.7 Å². The predicted molar refractivity (Wildman–Crippen MR) is 98.1 cm³/mol. The fourth-order valence-electron chi connectivity index (χ4n) is 3.04. The van der Waals surface area contributed by atoms with E-state index in [-0.39, 0.29) is 11.8 Å². The number of aromatic hydroxyl groups is 1. The number of nitrogens with one attached hydrogen (secondary N) is 1. The zero-order valence-electron chi connectivity index (χ0n) is 14.4. The van der Waals surface area contributed by atoms with Gasteiger partial charge in [-0.25, -0.2) is 0 Å². The molecule has 0 spiro atoms. The van der Waals surface area contributed by atoms with Gasteiger partial charge in [-0.2, -0.15) is 0 Å². The summed E-state index contributed by atoms with van der Waals surface area (Å²) in [5, 5.41) is 12.8. The summed E-state index contributed by atoms with van der Waals surface area (Å²) in [7, 11) is 0. The Morgan fingerprint density at radius 3 is 2.50 bits per heavy atom. The third-order valence-corrected chi connectivity index (χ3v) is 4.52. The number of ether oxygens (including phenoxy) is 1. The summed E-state index contributed by atoms with van der Waals surface area (Å²) < 4.78 is 5.92. The minimum atomic E-state index is 0.258. The summed E-state index contributed by atoms with van der Waals surface area (Å²) >= 11 is 0. The van der Waals surface area contributed by atoms with Gasteiger partial charge in [0.05, 0.1) is 6.04 Å². The van der Waals surface area contributed by atoms with Crippen LogP contribution in [0.4, 0.5) is 5.69 Å². The van der Waals surface area contributed by atoms with Crippen molar-refractivity contribution in [2.24, 2.45) is 0 Å². The van der Waals surface area contributed by atoms with Crippen LogP contribution in [0.1, 0.15) is 25.3 Å². The second-order valence-corrected chi connectivity index (χ2v) is 6.60. The molecule has 1 unspecified atom stereocenters. The lowest BCUT2D eigenvalue weighted by Crippen LogP contribution is -2.54. The number of piperazine rings is 1. The van der Waals surface area contributed by atoms with E-state index < -0.39 is 0 Å². The van der Waals surface area contributed by atoms with Crippen molar-refractivity contribution in [1.82, 2.24) is 5.32 Å². The van der Waals surface area contributed by atoms with Crippen LogP contribution < -0.4 is 15.0 Å². The van der Waals surface area contributed by atoms with Gasteiger partial charge in [-0.3, -0.25) is 0 Å². The SMILES string of the molecule is CC(C)c1ccc(N2CCNCC2COc2ccc(O)cc2)cc1. The minimum Gasteiger partial charge on any atom is -0.508 e. The van der Waals surface area contributed by atoms with Gasteiger partial charge in [0.1, 0.15) is 18.1 Å². The first-order valence-electron chi connectivity index (χ1n) is 8.62. The third-order valence-electron chi connectivity index (χ3n) is 4.52. The molecule has 0 radical (unpaired) electrons. The monoisotopic (exact) mass is 326 g/mol. The molecule has 1 aliphatic rings. The van der Waals surface area contributed by atoms with Crippen molar-refractivity contribution in [1.29, 1.82) is 0 Å². The van der Waals surface area contributed by atoms with Gasteiger partial charge in [0, 0.05) is 25.3 Å². The smallest absolute Gasteiger partial charge is 0.119 e. The lowest BCUT2D eigenvalue weighted by Gasteiger charge is -2.38. The standard InChI is InChI=1S/C20H26N2O2/c1-15(2)16-3-5-17(6-4-16)22-12-11-21-13-18(22)14-24-20-9-7-19(23)8-10-20/h3-10,15,18,21,23H,11-14H2,1-2H3. The highest BCUT2D eigenvalue weighted by Gasteiger charge is 2.23. The number of rotatable bonds is 5. The molecule has 2 aromatic rings. The summed E-state index contributed by atoms with van der Waals surface area (Å²) in [5.74, 6) is 1.60. The quantitative estimate of drug-likeness (QED) is 0.884. The van der Waals surface area contributed by atoms with Crippen LogP contribution in [0.5, 0.6) is 11.5 Å². The molecule has 1 fully saturated rings. The van der Waals surface area contributed by atoms with Crippen LogP contribution in [-0.2, 0) is 0 Å². The molecule has 1 heterocycles.